The summed E-state index contributed by atoms with van der Waals surface area (Å²) in [7, 11) is 1.56. The zero-order valence-electron chi connectivity index (χ0n) is 15.4. The fraction of sp³-hybridized carbons (Fsp3) is 0.350. The van der Waals surface area contributed by atoms with Crippen molar-refractivity contribution in [2.75, 3.05) is 18.6 Å². The molecule has 0 bridgehead atoms. The van der Waals surface area contributed by atoms with Gasteiger partial charge in [0, 0.05) is 24.4 Å². The van der Waals surface area contributed by atoms with Gasteiger partial charge < -0.3 is 4.74 Å². The number of pyridine rings is 1. The van der Waals surface area contributed by atoms with Crippen LogP contribution >= 0.6 is 0 Å². The number of hydrogen-bond acceptors (Lipinski definition) is 6. The van der Waals surface area contributed by atoms with E-state index in [-0.39, 0.29) is 11.8 Å². The number of nitrogens with zero attached hydrogens (tertiary/aromatic N) is 6. The number of anilines is 1. The number of ether oxygens (including phenoxy) is 1. The average Bonchev–Trinajstić information content (AvgIpc) is 3.38. The highest BCUT2D eigenvalue weighted by Gasteiger charge is 2.57. The van der Waals surface area contributed by atoms with E-state index in [4.69, 9.17) is 9.72 Å². The smallest absolute Gasteiger partial charge is 0.249 e. The third-order valence-electron chi connectivity index (χ3n) is 5.70. The van der Waals surface area contributed by atoms with Crippen LogP contribution in [-0.2, 0) is 4.79 Å². The van der Waals surface area contributed by atoms with E-state index in [1.54, 1.807) is 35.0 Å². The van der Waals surface area contributed by atoms with Crippen molar-refractivity contribution in [3.8, 4) is 23.2 Å². The van der Waals surface area contributed by atoms with Crippen molar-refractivity contribution in [3.05, 3.63) is 36.8 Å². The van der Waals surface area contributed by atoms with Gasteiger partial charge in [-0.25, -0.2) is 14.5 Å². The van der Waals surface area contributed by atoms with Gasteiger partial charge in [-0.15, -0.1) is 0 Å². The Morgan fingerprint density at radius 3 is 2.93 bits per heavy atom. The Morgan fingerprint density at radius 1 is 1.32 bits per heavy atom. The second-order valence-corrected chi connectivity index (χ2v) is 7.26. The number of aromatic nitrogens is 4. The van der Waals surface area contributed by atoms with Crippen LogP contribution in [0.4, 0.5) is 5.82 Å². The van der Waals surface area contributed by atoms with Gasteiger partial charge in [0.1, 0.15) is 10.9 Å². The Hall–Kier alpha value is -3.47. The Bertz CT molecular complexity index is 1130. The first-order chi connectivity index (χ1) is 13.7. The maximum atomic E-state index is 13.3. The summed E-state index contributed by atoms with van der Waals surface area (Å²) in [6, 6.07) is 7.78. The Kier molecular flexibility index (Phi) is 3.59. The molecular formula is C20H18N6O2. The Labute approximate surface area is 161 Å². The van der Waals surface area contributed by atoms with Crippen molar-refractivity contribution in [2.24, 2.45) is 11.3 Å². The van der Waals surface area contributed by atoms with E-state index in [2.05, 4.69) is 16.2 Å². The number of amides is 1. The topological polar surface area (TPSA) is 96.4 Å². The summed E-state index contributed by atoms with van der Waals surface area (Å²) in [5.41, 5.74) is 1.29. The lowest BCUT2D eigenvalue weighted by atomic mass is 9.83. The van der Waals surface area contributed by atoms with Crippen LogP contribution in [0.2, 0.25) is 0 Å². The minimum Gasteiger partial charge on any atom is -0.481 e. The molecule has 8 heteroatoms. The Balaban J connectivity index is 1.63. The molecule has 1 atom stereocenters. The lowest BCUT2D eigenvalue weighted by Crippen LogP contribution is -2.36. The molecule has 3 aromatic heterocycles. The summed E-state index contributed by atoms with van der Waals surface area (Å²) in [4.78, 5) is 23.8. The van der Waals surface area contributed by atoms with Crippen LogP contribution in [-0.4, -0.2) is 39.1 Å². The molecule has 1 saturated carbocycles. The fourth-order valence-corrected chi connectivity index (χ4v) is 4.02. The van der Waals surface area contributed by atoms with Gasteiger partial charge in [0.05, 0.1) is 31.3 Å². The Morgan fingerprint density at radius 2 is 2.18 bits per heavy atom. The minimum atomic E-state index is -0.908. The zero-order valence-corrected chi connectivity index (χ0v) is 15.4. The summed E-state index contributed by atoms with van der Waals surface area (Å²) < 4.78 is 6.92. The van der Waals surface area contributed by atoms with Crippen molar-refractivity contribution in [3.63, 3.8) is 0 Å². The highest BCUT2D eigenvalue weighted by atomic mass is 16.5. The summed E-state index contributed by atoms with van der Waals surface area (Å²) in [6.45, 7) is 0.486. The second-order valence-electron chi connectivity index (χ2n) is 7.26. The number of rotatable bonds is 4. The maximum Gasteiger partial charge on any atom is 0.249 e. The van der Waals surface area contributed by atoms with Crippen LogP contribution in [0.1, 0.15) is 19.3 Å². The highest BCUT2D eigenvalue weighted by Crippen LogP contribution is 2.52. The molecule has 1 aliphatic carbocycles. The van der Waals surface area contributed by atoms with E-state index in [0.717, 1.165) is 23.9 Å². The van der Waals surface area contributed by atoms with Crippen LogP contribution in [0.5, 0.6) is 5.88 Å². The SMILES string of the molecule is COc1cc(-c2cn3nccc3c(N3CC[C@@](C#N)(C4CC4)C3=O)n2)ccn1. The molecule has 1 aliphatic heterocycles. The second kappa shape index (κ2) is 6.02. The molecule has 0 radical (unpaired) electrons. The fourth-order valence-electron chi connectivity index (χ4n) is 4.02. The third-order valence-corrected chi connectivity index (χ3v) is 5.70. The molecule has 3 aromatic rings. The van der Waals surface area contributed by atoms with Crippen LogP contribution in [0.15, 0.2) is 36.8 Å². The normalized spacial score (nSPS) is 21.9. The van der Waals surface area contributed by atoms with Gasteiger partial charge in [-0.1, -0.05) is 0 Å². The number of carbonyl (C=O) groups excluding carboxylic acids is 1. The number of methoxy groups -OCH3 is 1. The van der Waals surface area contributed by atoms with E-state index >= 15 is 0 Å². The molecule has 1 amide bonds. The van der Waals surface area contributed by atoms with Crippen LogP contribution in [0, 0.1) is 22.7 Å². The minimum absolute atomic E-state index is 0.141. The summed E-state index contributed by atoms with van der Waals surface area (Å²) >= 11 is 0. The average molecular weight is 374 g/mol. The largest absolute Gasteiger partial charge is 0.481 e. The van der Waals surface area contributed by atoms with E-state index < -0.39 is 5.41 Å². The lowest BCUT2D eigenvalue weighted by Gasteiger charge is -2.21. The van der Waals surface area contributed by atoms with E-state index in [0.29, 0.717) is 30.4 Å². The molecule has 28 heavy (non-hydrogen) atoms. The van der Waals surface area contributed by atoms with Crippen LogP contribution in [0.3, 0.4) is 0 Å². The third kappa shape index (κ3) is 2.36. The van der Waals surface area contributed by atoms with Gasteiger partial charge >= 0.3 is 0 Å². The predicted molar refractivity (Wildman–Crippen MR) is 101 cm³/mol. The van der Waals surface area contributed by atoms with Crippen molar-refractivity contribution in [2.45, 2.75) is 19.3 Å². The lowest BCUT2D eigenvalue weighted by molar-refractivity contribution is -0.123. The molecule has 5 rings (SSSR count). The molecule has 0 unspecified atom stereocenters. The number of fused-ring (bicyclic) bond motifs is 1. The molecule has 8 nitrogen and oxygen atoms in total. The first-order valence-corrected chi connectivity index (χ1v) is 9.24. The number of hydrogen-bond donors (Lipinski definition) is 0. The summed E-state index contributed by atoms with van der Waals surface area (Å²) in [5.74, 6) is 1.05. The van der Waals surface area contributed by atoms with Crippen molar-refractivity contribution < 1.29 is 9.53 Å². The highest BCUT2D eigenvalue weighted by molar-refractivity contribution is 6.04. The standard InChI is InChI=1S/C20H18N6O2/c1-28-17-10-13(4-7-22-17)15-11-26-16(5-8-23-26)18(24-15)25-9-6-20(12-21,19(25)27)14-2-3-14/h4-5,7-8,10-11,14H,2-3,6,9H2,1H3/t20-/m1/s1. The number of nitriles is 1. The van der Waals surface area contributed by atoms with E-state index in [1.165, 1.54) is 0 Å². The predicted octanol–water partition coefficient (Wildman–Crippen LogP) is 2.46. The molecule has 0 aromatic carbocycles. The summed E-state index contributed by atoms with van der Waals surface area (Å²) in [5, 5.41) is 14.1. The van der Waals surface area contributed by atoms with Gasteiger partial charge in [-0.05, 0) is 37.3 Å². The molecule has 0 spiro atoms. The van der Waals surface area contributed by atoms with Crippen molar-refractivity contribution in [1.82, 2.24) is 19.6 Å². The van der Waals surface area contributed by atoms with Gasteiger partial charge in [0.2, 0.25) is 11.8 Å². The number of carbonyl (C=O) groups is 1. The van der Waals surface area contributed by atoms with E-state index in [9.17, 15) is 10.1 Å². The maximum absolute atomic E-state index is 13.3. The van der Waals surface area contributed by atoms with Crippen molar-refractivity contribution >= 4 is 17.2 Å². The quantitative estimate of drug-likeness (QED) is 0.696. The molecule has 0 N–H and O–H groups in total. The summed E-state index contributed by atoms with van der Waals surface area (Å²) in [6.07, 6.45) is 7.57. The molecular weight excluding hydrogens is 356 g/mol. The van der Waals surface area contributed by atoms with Crippen LogP contribution in [0.25, 0.3) is 16.8 Å². The van der Waals surface area contributed by atoms with E-state index in [1.807, 2.05) is 18.3 Å². The molecule has 1 saturated heterocycles. The first-order valence-electron chi connectivity index (χ1n) is 9.24. The van der Waals surface area contributed by atoms with Gasteiger partial charge in [0.15, 0.2) is 5.82 Å². The van der Waals surface area contributed by atoms with Crippen molar-refractivity contribution in [1.29, 1.82) is 5.26 Å². The van der Waals surface area contributed by atoms with Crippen LogP contribution < -0.4 is 9.64 Å². The molecule has 2 fully saturated rings. The first kappa shape index (κ1) is 16.7. The molecule has 4 heterocycles. The van der Waals surface area contributed by atoms with Gasteiger partial charge in [-0.2, -0.15) is 10.4 Å². The monoisotopic (exact) mass is 374 g/mol. The zero-order chi connectivity index (χ0) is 19.3. The molecule has 2 aliphatic rings. The molecule has 140 valence electrons. The van der Waals surface area contributed by atoms with Gasteiger partial charge in [0.25, 0.3) is 0 Å². The van der Waals surface area contributed by atoms with Gasteiger partial charge in [-0.3, -0.25) is 9.69 Å².